The standard InChI is InChI=1S/C13H15F2NO4S/c1-8-6-9(13(17)18)4-5-16(8)21(19,20)12-7-10(14)2-3-11(12)15/h2-3,7-9H,4-6H2,1H3,(H,17,18). The van der Waals surface area contributed by atoms with Crippen molar-refractivity contribution >= 4 is 16.0 Å². The normalized spacial score (nSPS) is 24.0. The van der Waals surface area contributed by atoms with Crippen LogP contribution < -0.4 is 0 Å². The van der Waals surface area contributed by atoms with Crippen LogP contribution in [0.2, 0.25) is 0 Å². The first-order chi connectivity index (χ1) is 9.73. The zero-order chi connectivity index (χ0) is 15.8. The number of hydrogen-bond donors (Lipinski definition) is 1. The number of sulfonamides is 1. The maximum atomic E-state index is 13.7. The van der Waals surface area contributed by atoms with E-state index in [1.165, 1.54) is 0 Å². The molecule has 8 heteroatoms. The topological polar surface area (TPSA) is 74.7 Å². The molecule has 0 bridgehead atoms. The minimum Gasteiger partial charge on any atom is -0.481 e. The molecule has 1 aliphatic rings. The van der Waals surface area contributed by atoms with Gasteiger partial charge >= 0.3 is 5.97 Å². The Morgan fingerprint density at radius 2 is 2.05 bits per heavy atom. The molecule has 0 saturated carbocycles. The van der Waals surface area contributed by atoms with Crippen LogP contribution in [0.5, 0.6) is 0 Å². The van der Waals surface area contributed by atoms with Crippen LogP contribution in [-0.2, 0) is 14.8 Å². The molecule has 1 N–H and O–H groups in total. The highest BCUT2D eigenvalue weighted by molar-refractivity contribution is 7.89. The number of halogens is 2. The van der Waals surface area contributed by atoms with Crippen molar-refractivity contribution < 1.29 is 27.1 Å². The average Bonchev–Trinajstić information content (AvgIpc) is 2.40. The second kappa shape index (κ2) is 5.69. The molecule has 2 rings (SSSR count). The van der Waals surface area contributed by atoms with Crippen LogP contribution in [0.4, 0.5) is 8.78 Å². The lowest BCUT2D eigenvalue weighted by Crippen LogP contribution is -2.46. The van der Waals surface area contributed by atoms with E-state index in [1.54, 1.807) is 6.92 Å². The quantitative estimate of drug-likeness (QED) is 0.922. The highest BCUT2D eigenvalue weighted by atomic mass is 32.2. The zero-order valence-electron chi connectivity index (χ0n) is 11.3. The van der Waals surface area contributed by atoms with E-state index in [-0.39, 0.29) is 19.4 Å². The summed E-state index contributed by atoms with van der Waals surface area (Å²) in [4.78, 5) is 10.2. The second-order valence-electron chi connectivity index (χ2n) is 5.10. The lowest BCUT2D eigenvalue weighted by molar-refractivity contribution is -0.143. The molecule has 1 saturated heterocycles. The predicted molar refractivity (Wildman–Crippen MR) is 70.1 cm³/mol. The maximum Gasteiger partial charge on any atom is 0.306 e. The first-order valence-corrected chi connectivity index (χ1v) is 7.87. The first kappa shape index (κ1) is 15.8. The van der Waals surface area contributed by atoms with Crippen LogP contribution in [0, 0.1) is 17.6 Å². The lowest BCUT2D eigenvalue weighted by atomic mass is 9.93. The van der Waals surface area contributed by atoms with Crippen molar-refractivity contribution in [2.45, 2.75) is 30.7 Å². The van der Waals surface area contributed by atoms with E-state index in [0.717, 1.165) is 16.4 Å². The summed E-state index contributed by atoms with van der Waals surface area (Å²) in [5.74, 6) is -3.47. The summed E-state index contributed by atoms with van der Waals surface area (Å²) in [6.07, 6.45) is 0.293. The lowest BCUT2D eigenvalue weighted by Gasteiger charge is -2.35. The van der Waals surface area contributed by atoms with Crippen molar-refractivity contribution in [2.75, 3.05) is 6.54 Å². The predicted octanol–water partition coefficient (Wildman–Crippen LogP) is 1.84. The summed E-state index contributed by atoms with van der Waals surface area (Å²) in [5.41, 5.74) is 0. The van der Waals surface area contributed by atoms with Crippen LogP contribution in [-0.4, -0.2) is 36.4 Å². The molecule has 116 valence electrons. The number of piperidine rings is 1. The van der Waals surface area contributed by atoms with Crippen molar-refractivity contribution in [3.05, 3.63) is 29.8 Å². The molecule has 1 fully saturated rings. The molecule has 2 unspecified atom stereocenters. The Kier molecular flexibility index (Phi) is 4.29. The number of carboxylic acids is 1. The van der Waals surface area contributed by atoms with Crippen LogP contribution in [0.25, 0.3) is 0 Å². The average molecular weight is 319 g/mol. The van der Waals surface area contributed by atoms with Gasteiger partial charge in [0, 0.05) is 12.6 Å². The molecular weight excluding hydrogens is 304 g/mol. The van der Waals surface area contributed by atoms with Crippen LogP contribution in [0.15, 0.2) is 23.1 Å². The van der Waals surface area contributed by atoms with Crippen LogP contribution >= 0.6 is 0 Å². The molecule has 2 atom stereocenters. The second-order valence-corrected chi connectivity index (χ2v) is 6.96. The third-order valence-electron chi connectivity index (χ3n) is 3.64. The highest BCUT2D eigenvalue weighted by Gasteiger charge is 2.38. The molecular formula is C13H15F2NO4S. The van der Waals surface area contributed by atoms with E-state index in [2.05, 4.69) is 0 Å². The van der Waals surface area contributed by atoms with Crippen molar-refractivity contribution in [1.82, 2.24) is 4.31 Å². The smallest absolute Gasteiger partial charge is 0.306 e. The molecule has 1 aromatic rings. The van der Waals surface area contributed by atoms with Crippen molar-refractivity contribution in [3.8, 4) is 0 Å². The van der Waals surface area contributed by atoms with Crippen molar-refractivity contribution in [2.24, 2.45) is 5.92 Å². The third kappa shape index (κ3) is 3.06. The van der Waals surface area contributed by atoms with E-state index in [1.807, 2.05) is 0 Å². The van der Waals surface area contributed by atoms with Gasteiger partial charge in [0.05, 0.1) is 5.92 Å². The van der Waals surface area contributed by atoms with E-state index < -0.39 is 44.5 Å². The number of rotatable bonds is 3. The fourth-order valence-electron chi connectivity index (χ4n) is 2.53. The van der Waals surface area contributed by atoms with Crippen LogP contribution in [0.1, 0.15) is 19.8 Å². The van der Waals surface area contributed by atoms with Gasteiger partial charge in [0.15, 0.2) is 0 Å². The Morgan fingerprint density at radius 3 is 2.62 bits per heavy atom. The molecule has 0 radical (unpaired) electrons. The molecule has 0 aliphatic carbocycles. The summed E-state index contributed by atoms with van der Waals surface area (Å²) in [7, 11) is -4.19. The highest BCUT2D eigenvalue weighted by Crippen LogP contribution is 2.29. The molecule has 1 heterocycles. The van der Waals surface area contributed by atoms with E-state index in [0.29, 0.717) is 6.07 Å². The Hall–Kier alpha value is -1.54. The summed E-state index contributed by atoms with van der Waals surface area (Å²) in [6.45, 7) is 1.53. The van der Waals surface area contributed by atoms with Gasteiger partial charge in [-0.25, -0.2) is 17.2 Å². The van der Waals surface area contributed by atoms with Crippen LogP contribution in [0.3, 0.4) is 0 Å². The fraction of sp³-hybridized carbons (Fsp3) is 0.462. The van der Waals surface area contributed by atoms with E-state index in [9.17, 15) is 22.0 Å². The molecule has 0 spiro atoms. The third-order valence-corrected chi connectivity index (χ3v) is 5.67. The van der Waals surface area contributed by atoms with Crippen molar-refractivity contribution in [3.63, 3.8) is 0 Å². The number of nitrogens with zero attached hydrogens (tertiary/aromatic N) is 1. The largest absolute Gasteiger partial charge is 0.481 e. The van der Waals surface area contributed by atoms with Gasteiger partial charge in [0.1, 0.15) is 16.5 Å². The number of hydrogen-bond acceptors (Lipinski definition) is 3. The van der Waals surface area contributed by atoms with Gasteiger partial charge in [-0.2, -0.15) is 4.31 Å². The van der Waals surface area contributed by atoms with Gasteiger partial charge in [0.2, 0.25) is 10.0 Å². The molecule has 0 aromatic heterocycles. The van der Waals surface area contributed by atoms with Crippen molar-refractivity contribution in [1.29, 1.82) is 0 Å². The number of carboxylic acid groups (broad SMARTS) is 1. The Bertz CT molecular complexity index is 662. The van der Waals surface area contributed by atoms with Gasteiger partial charge in [0.25, 0.3) is 0 Å². The monoisotopic (exact) mass is 319 g/mol. The van der Waals surface area contributed by atoms with Gasteiger partial charge in [-0.15, -0.1) is 0 Å². The minimum atomic E-state index is -4.19. The number of carbonyl (C=O) groups is 1. The first-order valence-electron chi connectivity index (χ1n) is 6.43. The number of benzene rings is 1. The van der Waals surface area contributed by atoms with Gasteiger partial charge < -0.3 is 5.11 Å². The minimum absolute atomic E-state index is 0.0313. The maximum absolute atomic E-state index is 13.7. The van der Waals surface area contributed by atoms with Gasteiger partial charge in [-0.3, -0.25) is 4.79 Å². The molecule has 0 amide bonds. The Morgan fingerprint density at radius 1 is 1.38 bits per heavy atom. The fourth-order valence-corrected chi connectivity index (χ4v) is 4.27. The SMILES string of the molecule is CC1CC(C(=O)O)CCN1S(=O)(=O)c1cc(F)ccc1F. The Balaban J connectivity index is 2.32. The van der Waals surface area contributed by atoms with E-state index >= 15 is 0 Å². The molecule has 21 heavy (non-hydrogen) atoms. The summed E-state index contributed by atoms with van der Waals surface area (Å²) in [5, 5.41) is 8.97. The molecule has 5 nitrogen and oxygen atoms in total. The number of aliphatic carboxylic acids is 1. The Labute approximate surface area is 121 Å². The van der Waals surface area contributed by atoms with E-state index in [4.69, 9.17) is 5.11 Å². The summed E-state index contributed by atoms with van der Waals surface area (Å²) >= 11 is 0. The van der Waals surface area contributed by atoms with Gasteiger partial charge in [-0.05, 0) is 38.0 Å². The van der Waals surface area contributed by atoms with Gasteiger partial charge in [-0.1, -0.05) is 0 Å². The summed E-state index contributed by atoms with van der Waals surface area (Å²) in [6, 6.07) is 1.65. The molecule has 1 aliphatic heterocycles. The molecule has 1 aromatic carbocycles. The summed E-state index contributed by atoms with van der Waals surface area (Å²) < 4.78 is 52.7. The zero-order valence-corrected chi connectivity index (χ0v) is 12.1.